The van der Waals surface area contributed by atoms with Gasteiger partial charge in [-0.05, 0) is 66.0 Å². The monoisotopic (exact) mass is 702 g/mol. The van der Waals surface area contributed by atoms with E-state index in [1.54, 1.807) is 4.90 Å². The number of piperidine rings is 1. The first-order valence-electron chi connectivity index (χ1n) is 18.4. The Balaban J connectivity index is 1.10. The van der Waals surface area contributed by atoms with Crippen LogP contribution in [0.15, 0.2) is 91.0 Å². The Kier molecular flexibility index (Phi) is 10.1. The van der Waals surface area contributed by atoms with Crippen LogP contribution in [0.1, 0.15) is 51.2 Å². The Hall–Kier alpha value is -5.09. The van der Waals surface area contributed by atoms with Gasteiger partial charge in [-0.15, -0.1) is 0 Å². The second-order valence-electron chi connectivity index (χ2n) is 15.3. The molecule has 2 fully saturated rings. The van der Waals surface area contributed by atoms with Gasteiger partial charge in [-0.3, -0.25) is 9.58 Å². The zero-order valence-electron chi connectivity index (χ0n) is 30.7. The van der Waals surface area contributed by atoms with Crippen LogP contribution in [-0.2, 0) is 20.3 Å². The van der Waals surface area contributed by atoms with Gasteiger partial charge in [0.2, 0.25) is 11.8 Å². The van der Waals surface area contributed by atoms with E-state index in [2.05, 4.69) is 49.2 Å². The van der Waals surface area contributed by atoms with Crippen molar-refractivity contribution < 1.29 is 19.4 Å². The summed E-state index contributed by atoms with van der Waals surface area (Å²) in [7, 11) is 1.98. The van der Waals surface area contributed by atoms with E-state index >= 15 is 0 Å². The highest BCUT2D eigenvalue weighted by atomic mass is 16.5. The lowest BCUT2D eigenvalue weighted by Crippen LogP contribution is -2.69. The molecule has 52 heavy (non-hydrogen) atoms. The first-order chi connectivity index (χ1) is 25.1. The van der Waals surface area contributed by atoms with Crippen molar-refractivity contribution >= 4 is 22.7 Å². The Bertz CT molecular complexity index is 1980. The van der Waals surface area contributed by atoms with Gasteiger partial charge < -0.3 is 24.8 Å². The van der Waals surface area contributed by atoms with Gasteiger partial charge in [-0.25, -0.2) is 4.79 Å². The van der Waals surface area contributed by atoms with Crippen molar-refractivity contribution in [1.82, 2.24) is 25.0 Å². The standard InChI is InChI=1S/C42H50N6O4/c1-41(2,3)42(29-43-21-24-48(42)40(49)50)26-30-19-22-47(23-20-30)33-15-16-34-36(25-33)46(4)45-38(34)35-17-18-37(51-27-31-11-7-5-8-12-31)44-39(35)52-28-32-13-9-6-10-14-32/h5-18,25,30,43H,19-24,26-29H2,1-4H3,(H,49,50). The predicted molar refractivity (Wildman–Crippen MR) is 205 cm³/mol. The molecule has 2 saturated heterocycles. The quantitative estimate of drug-likeness (QED) is 0.152. The summed E-state index contributed by atoms with van der Waals surface area (Å²) in [6, 6.07) is 30.6. The first-order valence-corrected chi connectivity index (χ1v) is 18.4. The van der Waals surface area contributed by atoms with Crippen LogP contribution >= 0.6 is 0 Å². The number of nitrogens with one attached hydrogen (secondary N) is 1. The van der Waals surface area contributed by atoms with Gasteiger partial charge in [-0.1, -0.05) is 81.4 Å². The van der Waals surface area contributed by atoms with E-state index in [0.29, 0.717) is 50.5 Å². The minimum absolute atomic E-state index is 0.185. The summed E-state index contributed by atoms with van der Waals surface area (Å²) >= 11 is 0. The molecular formula is C42H50N6O4. The van der Waals surface area contributed by atoms with Crippen molar-refractivity contribution in [2.45, 2.75) is 58.8 Å². The maximum absolute atomic E-state index is 12.4. The number of pyridine rings is 1. The minimum atomic E-state index is -0.810. The number of fused-ring (bicyclic) bond motifs is 1. The Morgan fingerprint density at radius 2 is 1.58 bits per heavy atom. The topological polar surface area (TPSA) is 105 Å². The summed E-state index contributed by atoms with van der Waals surface area (Å²) in [5, 5.41) is 19.7. The van der Waals surface area contributed by atoms with E-state index in [-0.39, 0.29) is 5.41 Å². The number of carboxylic acid groups (broad SMARTS) is 1. The van der Waals surface area contributed by atoms with Gasteiger partial charge in [0.05, 0.1) is 16.6 Å². The summed E-state index contributed by atoms with van der Waals surface area (Å²) in [6.45, 7) is 11.1. The third kappa shape index (κ3) is 7.30. The summed E-state index contributed by atoms with van der Waals surface area (Å²) in [5.41, 5.74) is 5.32. The third-order valence-electron chi connectivity index (χ3n) is 11.1. The maximum atomic E-state index is 12.4. The van der Waals surface area contributed by atoms with Crippen molar-refractivity contribution in [3.05, 3.63) is 102 Å². The molecule has 1 unspecified atom stereocenters. The van der Waals surface area contributed by atoms with E-state index in [4.69, 9.17) is 19.6 Å². The number of ether oxygens (including phenoxy) is 2. The summed E-state index contributed by atoms with van der Waals surface area (Å²) in [6.07, 6.45) is 2.10. The van der Waals surface area contributed by atoms with Crippen LogP contribution in [0.3, 0.4) is 0 Å². The van der Waals surface area contributed by atoms with E-state index in [0.717, 1.165) is 65.6 Å². The third-order valence-corrected chi connectivity index (χ3v) is 11.1. The van der Waals surface area contributed by atoms with Gasteiger partial charge >= 0.3 is 6.09 Å². The van der Waals surface area contributed by atoms with Crippen molar-refractivity contribution in [3.63, 3.8) is 0 Å². The van der Waals surface area contributed by atoms with Gasteiger partial charge in [0.25, 0.3) is 0 Å². The van der Waals surface area contributed by atoms with Gasteiger partial charge in [0, 0.05) is 56.9 Å². The predicted octanol–water partition coefficient (Wildman–Crippen LogP) is 7.77. The molecule has 1 atom stereocenters. The lowest BCUT2D eigenvalue weighted by Gasteiger charge is -2.55. The zero-order chi connectivity index (χ0) is 36.3. The van der Waals surface area contributed by atoms with Crippen LogP contribution < -0.4 is 19.7 Å². The molecule has 0 spiro atoms. The van der Waals surface area contributed by atoms with E-state index in [9.17, 15) is 9.90 Å². The molecule has 3 aromatic carbocycles. The molecule has 10 heteroatoms. The molecule has 0 aliphatic carbocycles. The van der Waals surface area contributed by atoms with Crippen molar-refractivity contribution in [1.29, 1.82) is 0 Å². The zero-order valence-corrected chi connectivity index (χ0v) is 30.7. The lowest BCUT2D eigenvalue weighted by atomic mass is 9.66. The SMILES string of the molecule is Cn1nc(-c2ccc(OCc3ccccc3)nc2OCc2ccccc2)c2ccc(N3CCC(CC4(C(C)(C)C)CNCCN4C(=O)O)CC3)cc21. The summed E-state index contributed by atoms with van der Waals surface area (Å²) < 4.78 is 14.4. The lowest BCUT2D eigenvalue weighted by molar-refractivity contribution is -0.0323. The molecule has 4 heterocycles. The van der Waals surface area contributed by atoms with Crippen LogP contribution in [0, 0.1) is 11.3 Å². The Morgan fingerprint density at radius 1 is 0.904 bits per heavy atom. The van der Waals surface area contributed by atoms with Crippen molar-refractivity contribution in [2.24, 2.45) is 18.4 Å². The fourth-order valence-corrected chi connectivity index (χ4v) is 8.00. The van der Waals surface area contributed by atoms with E-state index in [1.807, 2.05) is 84.5 Å². The molecule has 0 bridgehead atoms. The largest absolute Gasteiger partial charge is 0.473 e. The highest BCUT2D eigenvalue weighted by Crippen LogP contribution is 2.44. The number of hydrogen-bond donors (Lipinski definition) is 2. The summed E-state index contributed by atoms with van der Waals surface area (Å²) in [4.78, 5) is 21.4. The number of piperazine rings is 1. The molecule has 0 saturated carbocycles. The fraction of sp³-hybridized carbons (Fsp3) is 0.405. The normalized spacial score (nSPS) is 18.5. The number of rotatable bonds is 10. The van der Waals surface area contributed by atoms with Gasteiger partial charge in [-0.2, -0.15) is 10.1 Å². The average molecular weight is 703 g/mol. The summed E-state index contributed by atoms with van der Waals surface area (Å²) in [5.74, 6) is 1.42. The number of carbonyl (C=O) groups is 1. The molecule has 2 aromatic heterocycles. The molecule has 2 aliphatic rings. The van der Waals surface area contributed by atoms with Crippen LogP contribution in [0.25, 0.3) is 22.2 Å². The minimum Gasteiger partial charge on any atom is -0.473 e. The number of aryl methyl sites for hydroxylation is 1. The number of amides is 1. The van der Waals surface area contributed by atoms with Crippen LogP contribution in [0.2, 0.25) is 0 Å². The van der Waals surface area contributed by atoms with Crippen LogP contribution in [0.4, 0.5) is 10.5 Å². The Morgan fingerprint density at radius 3 is 2.23 bits per heavy atom. The highest BCUT2D eigenvalue weighted by molar-refractivity contribution is 5.96. The molecule has 10 nitrogen and oxygen atoms in total. The smallest absolute Gasteiger partial charge is 0.407 e. The van der Waals surface area contributed by atoms with Crippen molar-refractivity contribution in [3.8, 4) is 23.0 Å². The fourth-order valence-electron chi connectivity index (χ4n) is 8.00. The highest BCUT2D eigenvalue weighted by Gasteiger charge is 2.51. The molecule has 272 valence electrons. The molecule has 1 amide bonds. The van der Waals surface area contributed by atoms with E-state index in [1.165, 1.54) is 5.69 Å². The molecule has 0 radical (unpaired) electrons. The molecule has 5 aromatic rings. The number of anilines is 1. The number of hydrogen-bond acceptors (Lipinski definition) is 7. The van der Waals surface area contributed by atoms with Gasteiger partial charge in [0.1, 0.15) is 18.9 Å². The number of aromatic nitrogens is 3. The maximum Gasteiger partial charge on any atom is 0.407 e. The molecule has 7 rings (SSSR count). The van der Waals surface area contributed by atoms with Crippen molar-refractivity contribution in [2.75, 3.05) is 37.6 Å². The molecular weight excluding hydrogens is 653 g/mol. The Labute approximate surface area is 306 Å². The second kappa shape index (κ2) is 14.9. The van der Waals surface area contributed by atoms with Crippen LogP contribution in [-0.4, -0.2) is 69.1 Å². The average Bonchev–Trinajstić information content (AvgIpc) is 3.49. The first kappa shape index (κ1) is 35.3. The van der Waals surface area contributed by atoms with Gasteiger partial charge in [0.15, 0.2) is 0 Å². The van der Waals surface area contributed by atoms with Crippen LogP contribution in [0.5, 0.6) is 11.8 Å². The number of benzene rings is 3. The molecule has 2 aliphatic heterocycles. The van der Waals surface area contributed by atoms with E-state index < -0.39 is 11.6 Å². The number of nitrogens with zero attached hydrogens (tertiary/aromatic N) is 5. The second-order valence-corrected chi connectivity index (χ2v) is 15.3. The molecule has 2 N–H and O–H groups in total.